The van der Waals surface area contributed by atoms with Crippen molar-refractivity contribution in [2.24, 2.45) is 5.92 Å². The van der Waals surface area contributed by atoms with E-state index in [1.54, 1.807) is 20.8 Å². The Morgan fingerprint density at radius 3 is 2.59 bits per heavy atom. The van der Waals surface area contributed by atoms with E-state index in [4.69, 9.17) is 16.3 Å². The second kappa shape index (κ2) is 10.1. The van der Waals surface area contributed by atoms with E-state index >= 15 is 0 Å². The predicted octanol–water partition coefficient (Wildman–Crippen LogP) is -0.190. The first-order chi connectivity index (χ1) is 13.5. The Bertz CT molecular complexity index is 657. The Balaban J connectivity index is 2.12. The number of ketones is 1. The average molecular weight is 443 g/mol. The lowest BCUT2D eigenvalue weighted by molar-refractivity contribution is -0.132. The van der Waals surface area contributed by atoms with E-state index in [-0.39, 0.29) is 36.5 Å². The number of alkyl halides is 1. The number of piperazine rings is 1. The van der Waals surface area contributed by atoms with Gasteiger partial charge in [-0.05, 0) is 40.2 Å². The van der Waals surface area contributed by atoms with Crippen LogP contribution in [0.2, 0.25) is 0 Å². The Labute approximate surface area is 184 Å². The fraction of sp³-hybridized carbons (Fsp3) is 0.778. The topological polar surface area (TPSA) is 108 Å². The third kappa shape index (κ3) is 6.85. The molecule has 2 heterocycles. The molecule has 29 heavy (non-hydrogen) atoms. The van der Waals surface area contributed by atoms with Gasteiger partial charge < -0.3 is 19.3 Å². The molecule has 2 radical (unpaired) electrons. The molecule has 0 aliphatic carbocycles. The van der Waals surface area contributed by atoms with Gasteiger partial charge in [-0.3, -0.25) is 19.3 Å². The molecule has 9 nitrogen and oxygen atoms in total. The lowest BCUT2D eigenvalue weighted by atomic mass is 9.96. The second-order valence-corrected chi connectivity index (χ2v) is 9.36. The number of halogens is 1. The van der Waals surface area contributed by atoms with E-state index in [9.17, 15) is 19.2 Å². The molecule has 0 saturated carbocycles. The van der Waals surface area contributed by atoms with Crippen LogP contribution in [0.4, 0.5) is 4.79 Å². The zero-order chi connectivity index (χ0) is 21.8. The number of carbonyl (C=O) groups is 4. The molecule has 0 bridgehead atoms. The van der Waals surface area contributed by atoms with E-state index in [0.717, 1.165) is 0 Å². The van der Waals surface area contributed by atoms with Gasteiger partial charge in [-0.1, -0.05) is 0 Å². The monoisotopic (exact) mass is 442 g/mol. The molecule has 2 fully saturated rings. The van der Waals surface area contributed by atoms with Crippen LogP contribution >= 0.6 is 11.6 Å². The molecule has 3 atom stereocenters. The molecule has 2 N–H and O–H groups in total. The molecule has 3 amide bonds. The highest BCUT2D eigenvalue weighted by Crippen LogP contribution is 2.19. The molecular formula is C18H28AlClN4O5. The molecule has 2 aliphatic rings. The fourth-order valence-electron chi connectivity index (χ4n) is 3.35. The van der Waals surface area contributed by atoms with E-state index in [0.29, 0.717) is 26.1 Å². The van der Waals surface area contributed by atoms with Crippen LogP contribution in [-0.4, -0.2) is 98.7 Å². The van der Waals surface area contributed by atoms with Crippen LogP contribution in [-0.2, 0) is 19.1 Å². The molecule has 0 aromatic rings. The van der Waals surface area contributed by atoms with E-state index in [2.05, 4.69) is 27.1 Å². The number of hydrogen-bond donors (Lipinski definition) is 2. The van der Waals surface area contributed by atoms with E-state index in [1.165, 1.54) is 4.90 Å². The van der Waals surface area contributed by atoms with E-state index < -0.39 is 29.7 Å². The average Bonchev–Trinajstić information content (AvgIpc) is 3.03. The second-order valence-electron chi connectivity index (χ2n) is 8.36. The first-order valence-electron chi connectivity index (χ1n) is 9.68. The smallest absolute Gasteiger partial charge is 0.411 e. The third-order valence-electron chi connectivity index (χ3n) is 4.86. The van der Waals surface area contributed by atoms with Gasteiger partial charge in [0.05, 0.1) is 11.9 Å². The number of hydrogen-bond acceptors (Lipinski definition) is 6. The summed E-state index contributed by atoms with van der Waals surface area (Å²) in [6, 6.07) is -1.70. The minimum Gasteiger partial charge on any atom is -0.444 e. The molecule has 160 valence electrons. The van der Waals surface area contributed by atoms with Crippen molar-refractivity contribution in [1.29, 1.82) is 0 Å². The molecular weight excluding hydrogens is 415 g/mol. The Hall–Kier alpha value is -1.34. The van der Waals surface area contributed by atoms with Crippen LogP contribution in [0, 0.1) is 5.92 Å². The normalized spacial score (nSPS) is 24.0. The van der Waals surface area contributed by atoms with Crippen LogP contribution < -0.4 is 10.6 Å². The zero-order valence-electron chi connectivity index (χ0n) is 17.1. The van der Waals surface area contributed by atoms with Gasteiger partial charge in [0, 0.05) is 25.6 Å². The summed E-state index contributed by atoms with van der Waals surface area (Å²) in [5.41, 5.74) is -0.691. The third-order valence-corrected chi connectivity index (χ3v) is 5.59. The van der Waals surface area contributed by atoms with Gasteiger partial charge in [-0.2, -0.15) is 0 Å². The number of Topliss-reactive ketones (excluding diaryl/α,β-unsaturated/α-hetero) is 1. The van der Waals surface area contributed by atoms with Gasteiger partial charge in [0.25, 0.3) is 16.5 Å². The zero-order valence-corrected chi connectivity index (χ0v) is 19.0. The maximum Gasteiger partial charge on any atom is 0.411 e. The highest BCUT2D eigenvalue weighted by molar-refractivity contribution is 6.28. The maximum absolute atomic E-state index is 13.0. The maximum atomic E-state index is 13.0. The van der Waals surface area contributed by atoms with Crippen LogP contribution in [0.3, 0.4) is 0 Å². The molecule has 0 unspecified atom stereocenters. The Morgan fingerprint density at radius 2 is 2.03 bits per heavy atom. The number of amides is 3. The minimum atomic E-state index is -0.880. The van der Waals surface area contributed by atoms with Crippen molar-refractivity contribution in [3.63, 3.8) is 0 Å². The highest BCUT2D eigenvalue weighted by Gasteiger charge is 2.38. The van der Waals surface area contributed by atoms with Gasteiger partial charge in [-0.15, -0.1) is 11.6 Å². The first kappa shape index (κ1) is 23.9. The molecule has 2 aliphatic heterocycles. The van der Waals surface area contributed by atoms with Gasteiger partial charge >= 0.3 is 6.09 Å². The standard InChI is InChI=1S/C18H28ClN4O5.Al/c1-18(2,3)28-17(27)23-7-6-20-10-13(23)16(26)22-12(14(24)9-19)8-11-4-5-21-15(11)25;/h11-13H,4-10H2,1-3H3,(H,21,25)(H,22,26);/q-1;+1/t11-,12-,13-;/m0./s1. The molecule has 0 aromatic carbocycles. The Morgan fingerprint density at radius 1 is 1.34 bits per heavy atom. The van der Waals surface area contributed by atoms with Gasteiger partial charge in [-0.25, -0.2) is 4.79 Å². The lowest BCUT2D eigenvalue weighted by Crippen LogP contribution is -2.62. The molecule has 11 heteroatoms. The number of nitrogens with one attached hydrogen (secondary N) is 2. The molecule has 0 spiro atoms. The number of ether oxygens (including phenoxy) is 1. The summed E-state index contributed by atoms with van der Waals surface area (Å²) in [6.07, 6.45) is 0.214. The largest absolute Gasteiger partial charge is 0.444 e. The van der Waals surface area contributed by atoms with Crippen molar-refractivity contribution in [3.05, 3.63) is 0 Å². The summed E-state index contributed by atoms with van der Waals surface area (Å²) >= 11 is 8.24. The fourth-order valence-corrected chi connectivity index (χ4v) is 3.86. The summed E-state index contributed by atoms with van der Waals surface area (Å²) in [5.74, 6) is -1.57. The van der Waals surface area contributed by atoms with Gasteiger partial charge in [0.15, 0.2) is 5.78 Å². The summed E-state index contributed by atoms with van der Waals surface area (Å²) in [4.78, 5) is 51.2. The SMILES string of the molecule is CC(C)(C)OC(=O)N1CC[N]([Al])C[C@H]1C(=O)N[C@@H](C[C@@H]1CCNC1=O)C(=O)CCl. The lowest BCUT2D eigenvalue weighted by Gasteiger charge is -2.40. The number of carbonyl (C=O) groups excluding carboxylic acids is 4. The summed E-state index contributed by atoms with van der Waals surface area (Å²) in [5, 5.41) is 5.44. The summed E-state index contributed by atoms with van der Waals surface area (Å²) in [6.45, 7) is 6.99. The summed E-state index contributed by atoms with van der Waals surface area (Å²) in [7, 11) is 0. The van der Waals surface area contributed by atoms with Crippen molar-refractivity contribution in [2.75, 3.05) is 32.1 Å². The van der Waals surface area contributed by atoms with Crippen molar-refractivity contribution >= 4 is 51.8 Å². The first-order valence-corrected chi connectivity index (χ1v) is 10.7. The van der Waals surface area contributed by atoms with Crippen LogP contribution in [0.5, 0.6) is 0 Å². The molecule has 2 rings (SSSR count). The van der Waals surface area contributed by atoms with Crippen LogP contribution in [0.15, 0.2) is 0 Å². The van der Waals surface area contributed by atoms with Crippen molar-refractivity contribution in [2.45, 2.75) is 51.3 Å². The summed E-state index contributed by atoms with van der Waals surface area (Å²) < 4.78 is 7.28. The van der Waals surface area contributed by atoms with Crippen LogP contribution in [0.25, 0.3) is 0 Å². The van der Waals surface area contributed by atoms with Gasteiger partial charge in [0.1, 0.15) is 11.6 Å². The van der Waals surface area contributed by atoms with Gasteiger partial charge in [0.2, 0.25) is 11.8 Å². The van der Waals surface area contributed by atoms with Crippen molar-refractivity contribution in [1.82, 2.24) is 19.4 Å². The van der Waals surface area contributed by atoms with Crippen LogP contribution in [0.1, 0.15) is 33.6 Å². The molecule has 2 saturated heterocycles. The van der Waals surface area contributed by atoms with Crippen molar-refractivity contribution in [3.8, 4) is 0 Å². The number of rotatable bonds is 6. The number of nitrogens with zero attached hydrogens (tertiary/aromatic N) is 2. The minimum absolute atomic E-state index is 0.129. The quantitative estimate of drug-likeness (QED) is 0.436. The Kier molecular flexibility index (Phi) is 8.35. The van der Waals surface area contributed by atoms with E-state index in [1.807, 2.05) is 3.88 Å². The van der Waals surface area contributed by atoms with Crippen molar-refractivity contribution < 1.29 is 23.9 Å². The highest BCUT2D eigenvalue weighted by atomic mass is 35.5. The predicted molar refractivity (Wildman–Crippen MR) is 107 cm³/mol. The molecule has 0 aromatic heterocycles.